The van der Waals surface area contributed by atoms with Gasteiger partial charge in [-0.05, 0) is 36.8 Å². The van der Waals surface area contributed by atoms with Crippen molar-refractivity contribution in [2.45, 2.75) is 19.0 Å². The molecule has 2 aromatic rings. The predicted octanol–water partition coefficient (Wildman–Crippen LogP) is 3.79. The number of benzene rings is 2. The predicted molar refractivity (Wildman–Crippen MR) is 105 cm³/mol. The van der Waals surface area contributed by atoms with Gasteiger partial charge >= 0.3 is 5.97 Å². The Morgan fingerprint density at radius 3 is 2.73 bits per heavy atom. The Labute approximate surface area is 169 Å². The average molecular weight is 489 g/mol. The van der Waals surface area contributed by atoms with Gasteiger partial charge in [0.2, 0.25) is 0 Å². The maximum atomic E-state index is 14.5. The fraction of sp³-hybridized carbons (Fsp3) is 0.222. The number of rotatable bonds is 3. The van der Waals surface area contributed by atoms with Crippen molar-refractivity contribution >= 4 is 52.0 Å². The summed E-state index contributed by atoms with van der Waals surface area (Å²) in [4.78, 5) is 25.1. The van der Waals surface area contributed by atoms with E-state index in [9.17, 15) is 14.0 Å². The van der Waals surface area contributed by atoms with Gasteiger partial charge in [0.25, 0.3) is 5.91 Å². The first-order chi connectivity index (χ1) is 12.4. The topological polar surface area (TPSA) is 58.6 Å². The molecule has 1 aliphatic rings. The number of ether oxygens (including phenoxy) is 1. The third-order valence-electron chi connectivity index (χ3n) is 4.02. The minimum Gasteiger partial charge on any atom is -0.464 e. The summed E-state index contributed by atoms with van der Waals surface area (Å²) in [7, 11) is 0. The van der Waals surface area contributed by atoms with Crippen molar-refractivity contribution in [2.24, 2.45) is 0 Å². The van der Waals surface area contributed by atoms with E-state index >= 15 is 0 Å². The third kappa shape index (κ3) is 3.56. The van der Waals surface area contributed by atoms with Crippen LogP contribution in [0.4, 0.5) is 10.1 Å². The summed E-state index contributed by atoms with van der Waals surface area (Å²) in [6.45, 7) is 1.79. The van der Waals surface area contributed by atoms with Crippen LogP contribution in [-0.2, 0) is 14.3 Å². The Bertz CT molecular complexity index is 864. The first kappa shape index (κ1) is 19.1. The summed E-state index contributed by atoms with van der Waals surface area (Å²) in [5.41, 5.74) is 1.44. The highest BCUT2D eigenvalue weighted by Gasteiger charge is 2.40. The number of fused-ring (bicyclic) bond motifs is 1. The van der Waals surface area contributed by atoms with Gasteiger partial charge < -0.3 is 4.74 Å². The molecule has 136 valence electrons. The van der Waals surface area contributed by atoms with E-state index in [0.717, 1.165) is 0 Å². The Balaban J connectivity index is 2.18. The van der Waals surface area contributed by atoms with Gasteiger partial charge in [0.05, 0.1) is 41.2 Å². The summed E-state index contributed by atoms with van der Waals surface area (Å²) in [5, 5.41) is 3.40. The lowest BCUT2D eigenvalue weighted by atomic mass is 9.96. The average Bonchev–Trinajstić information content (AvgIpc) is 2.72. The minimum atomic E-state index is -1.26. The molecule has 0 spiro atoms. The number of carbonyl (C=O) groups excluding carboxylic acids is 2. The third-order valence-corrected chi connectivity index (χ3v) is 5.25. The van der Waals surface area contributed by atoms with Crippen LogP contribution in [0.2, 0.25) is 5.02 Å². The highest BCUT2D eigenvalue weighted by molar-refractivity contribution is 14.1. The Morgan fingerprint density at radius 1 is 1.31 bits per heavy atom. The highest BCUT2D eigenvalue weighted by Crippen LogP contribution is 2.38. The standard InChI is InChI=1S/C18H15ClFIN2O3/c1-2-26-18(25)16-17(24)23(21)14-8-7-10(19)9-12(14)15(22-16)11-5-3-4-6-13(11)20/h3-9,15-16,22H,2H2,1H3. The number of halogens is 3. The molecule has 1 amide bonds. The van der Waals surface area contributed by atoms with Crippen LogP contribution in [0.1, 0.15) is 24.1 Å². The molecule has 1 heterocycles. The number of hydrogen-bond acceptors (Lipinski definition) is 4. The number of anilines is 1. The van der Waals surface area contributed by atoms with Crippen LogP contribution >= 0.6 is 34.5 Å². The van der Waals surface area contributed by atoms with Crippen LogP contribution in [0.5, 0.6) is 0 Å². The first-order valence-corrected chi connectivity index (χ1v) is 9.24. The lowest BCUT2D eigenvalue weighted by Crippen LogP contribution is -2.48. The number of nitrogens with zero attached hydrogens (tertiary/aromatic N) is 1. The molecular weight excluding hydrogens is 474 g/mol. The van der Waals surface area contributed by atoms with Crippen LogP contribution in [0.25, 0.3) is 0 Å². The summed E-state index contributed by atoms with van der Waals surface area (Å²) < 4.78 is 20.8. The van der Waals surface area contributed by atoms with E-state index in [-0.39, 0.29) is 6.61 Å². The molecule has 2 atom stereocenters. The number of hydrogen-bond donors (Lipinski definition) is 1. The maximum Gasteiger partial charge on any atom is 0.333 e. The van der Waals surface area contributed by atoms with Crippen LogP contribution in [0, 0.1) is 5.82 Å². The molecule has 2 aromatic carbocycles. The molecule has 8 heteroatoms. The second-order valence-corrected chi connectivity index (χ2v) is 7.03. The summed E-state index contributed by atoms with van der Waals surface area (Å²) >= 11 is 7.96. The molecule has 1 aliphatic heterocycles. The molecule has 3 rings (SSSR count). The van der Waals surface area contributed by atoms with Crippen molar-refractivity contribution in [3.8, 4) is 0 Å². The van der Waals surface area contributed by atoms with Gasteiger partial charge in [-0.3, -0.25) is 13.2 Å². The van der Waals surface area contributed by atoms with Crippen molar-refractivity contribution < 1.29 is 18.7 Å². The smallest absolute Gasteiger partial charge is 0.333 e. The molecule has 2 unspecified atom stereocenters. The molecular formula is C18H15ClFIN2O3. The fourth-order valence-electron chi connectivity index (χ4n) is 2.86. The van der Waals surface area contributed by atoms with Crippen molar-refractivity contribution in [1.29, 1.82) is 0 Å². The van der Waals surface area contributed by atoms with E-state index in [1.54, 1.807) is 43.3 Å². The molecule has 1 N–H and O–H groups in total. The zero-order valence-corrected chi connectivity index (χ0v) is 16.6. The fourth-order valence-corrected chi connectivity index (χ4v) is 3.75. The van der Waals surface area contributed by atoms with Gasteiger partial charge in [0.1, 0.15) is 5.82 Å². The van der Waals surface area contributed by atoms with Gasteiger partial charge in [-0.2, -0.15) is 0 Å². The van der Waals surface area contributed by atoms with Crippen molar-refractivity contribution in [3.05, 3.63) is 64.4 Å². The van der Waals surface area contributed by atoms with Crippen LogP contribution in [0.3, 0.4) is 0 Å². The van der Waals surface area contributed by atoms with E-state index in [4.69, 9.17) is 16.3 Å². The van der Waals surface area contributed by atoms with Crippen LogP contribution in [0.15, 0.2) is 42.5 Å². The first-order valence-electron chi connectivity index (χ1n) is 7.90. The normalized spacial score (nSPS) is 19.7. The van der Waals surface area contributed by atoms with Gasteiger partial charge in [-0.15, -0.1) is 0 Å². The lowest BCUT2D eigenvalue weighted by Gasteiger charge is -2.22. The van der Waals surface area contributed by atoms with Crippen molar-refractivity contribution in [3.63, 3.8) is 0 Å². The van der Waals surface area contributed by atoms with Crippen LogP contribution < -0.4 is 8.43 Å². The SMILES string of the molecule is CCOC(=O)C1NC(c2ccccc2F)c2cc(Cl)ccc2N(I)C1=O. The monoisotopic (exact) mass is 488 g/mol. The zero-order valence-electron chi connectivity index (χ0n) is 13.7. The summed E-state index contributed by atoms with van der Waals surface area (Å²) in [6.07, 6.45) is 0. The molecule has 5 nitrogen and oxygen atoms in total. The van der Waals surface area contributed by atoms with E-state index in [0.29, 0.717) is 21.8 Å². The molecule has 26 heavy (non-hydrogen) atoms. The zero-order chi connectivity index (χ0) is 18.8. The molecule has 0 radical (unpaired) electrons. The maximum absolute atomic E-state index is 14.5. The van der Waals surface area contributed by atoms with E-state index in [1.165, 1.54) is 9.18 Å². The Hall–Kier alpha value is -1.71. The van der Waals surface area contributed by atoms with Crippen LogP contribution in [-0.4, -0.2) is 24.5 Å². The molecule has 0 saturated heterocycles. The second kappa shape index (κ2) is 7.89. The Morgan fingerprint density at radius 2 is 2.04 bits per heavy atom. The van der Waals surface area contributed by atoms with Gasteiger partial charge in [-0.25, -0.2) is 9.18 Å². The minimum absolute atomic E-state index is 0.134. The number of esters is 1. The van der Waals surface area contributed by atoms with Gasteiger partial charge in [0.15, 0.2) is 6.04 Å². The highest BCUT2D eigenvalue weighted by atomic mass is 127. The lowest BCUT2D eigenvalue weighted by molar-refractivity contribution is -0.148. The summed E-state index contributed by atoms with van der Waals surface area (Å²) in [5.74, 6) is -1.65. The van der Waals surface area contributed by atoms with Gasteiger partial charge in [0, 0.05) is 10.6 Å². The van der Waals surface area contributed by atoms with Crippen molar-refractivity contribution in [1.82, 2.24) is 5.32 Å². The second-order valence-electron chi connectivity index (χ2n) is 5.63. The number of nitrogens with one attached hydrogen (secondary N) is 1. The van der Waals surface area contributed by atoms with E-state index in [2.05, 4.69) is 5.32 Å². The molecule has 0 aromatic heterocycles. The molecule has 0 aliphatic carbocycles. The van der Waals surface area contributed by atoms with Gasteiger partial charge in [-0.1, -0.05) is 29.8 Å². The van der Waals surface area contributed by atoms with Crippen molar-refractivity contribution in [2.75, 3.05) is 9.72 Å². The quantitative estimate of drug-likeness (QED) is 0.309. The number of carbonyl (C=O) groups is 2. The number of amides is 1. The molecule has 0 saturated carbocycles. The molecule has 0 fully saturated rings. The van der Waals surface area contributed by atoms with E-state index < -0.39 is 29.8 Å². The Kier molecular flexibility index (Phi) is 5.79. The summed E-state index contributed by atoms with van der Waals surface area (Å²) in [6, 6.07) is 9.17. The largest absolute Gasteiger partial charge is 0.464 e. The molecule has 0 bridgehead atoms. The van der Waals surface area contributed by atoms with E-state index in [1.807, 2.05) is 22.9 Å².